The van der Waals surface area contributed by atoms with Crippen molar-refractivity contribution in [2.75, 3.05) is 0 Å². The number of hydrogen-bond acceptors (Lipinski definition) is 1. The summed E-state index contributed by atoms with van der Waals surface area (Å²) < 4.78 is 1.98. The SMILES string of the molecule is Cn1ccc(CNC(=O)NC2CCCC2)c1. The van der Waals surface area contributed by atoms with Crippen LogP contribution in [0.2, 0.25) is 0 Å². The number of nitrogens with one attached hydrogen (secondary N) is 2. The third kappa shape index (κ3) is 3.02. The van der Waals surface area contributed by atoms with Crippen molar-refractivity contribution in [3.05, 3.63) is 24.0 Å². The van der Waals surface area contributed by atoms with Crippen molar-refractivity contribution < 1.29 is 4.79 Å². The van der Waals surface area contributed by atoms with Crippen LogP contribution >= 0.6 is 0 Å². The number of aromatic nitrogens is 1. The summed E-state index contributed by atoms with van der Waals surface area (Å²) >= 11 is 0. The van der Waals surface area contributed by atoms with Crippen LogP contribution in [0.15, 0.2) is 18.5 Å². The molecule has 1 heterocycles. The van der Waals surface area contributed by atoms with E-state index in [0.29, 0.717) is 12.6 Å². The Bertz CT molecular complexity index is 353. The number of carbonyl (C=O) groups excluding carboxylic acids is 1. The van der Waals surface area contributed by atoms with Gasteiger partial charge in [-0.05, 0) is 24.5 Å². The van der Waals surface area contributed by atoms with Gasteiger partial charge < -0.3 is 15.2 Å². The molecule has 0 radical (unpaired) electrons. The summed E-state index contributed by atoms with van der Waals surface area (Å²) in [5.41, 5.74) is 1.13. The standard InChI is InChI=1S/C12H19N3O/c1-15-7-6-10(9-15)8-13-12(16)14-11-4-2-3-5-11/h6-7,9,11H,2-5,8H2,1H3,(H2,13,14,16). The molecule has 88 valence electrons. The summed E-state index contributed by atoms with van der Waals surface area (Å²) in [4.78, 5) is 11.6. The van der Waals surface area contributed by atoms with Crippen molar-refractivity contribution in [1.82, 2.24) is 15.2 Å². The van der Waals surface area contributed by atoms with Crippen LogP contribution in [0.25, 0.3) is 0 Å². The Kier molecular flexibility index (Phi) is 3.49. The molecule has 0 aromatic carbocycles. The van der Waals surface area contributed by atoms with E-state index in [1.54, 1.807) is 0 Å². The molecule has 4 nitrogen and oxygen atoms in total. The number of amides is 2. The van der Waals surface area contributed by atoms with Gasteiger partial charge in [-0.3, -0.25) is 0 Å². The fraction of sp³-hybridized carbons (Fsp3) is 0.583. The Morgan fingerprint density at radius 3 is 2.88 bits per heavy atom. The number of aryl methyl sites for hydroxylation is 1. The summed E-state index contributed by atoms with van der Waals surface area (Å²) in [5, 5.41) is 5.87. The van der Waals surface area contributed by atoms with E-state index in [4.69, 9.17) is 0 Å². The maximum atomic E-state index is 11.6. The van der Waals surface area contributed by atoms with Crippen LogP contribution < -0.4 is 10.6 Å². The van der Waals surface area contributed by atoms with E-state index in [9.17, 15) is 4.79 Å². The van der Waals surface area contributed by atoms with E-state index in [0.717, 1.165) is 18.4 Å². The van der Waals surface area contributed by atoms with Gasteiger partial charge in [0.1, 0.15) is 0 Å². The van der Waals surface area contributed by atoms with Crippen molar-refractivity contribution >= 4 is 6.03 Å². The average molecular weight is 221 g/mol. The fourth-order valence-corrected chi connectivity index (χ4v) is 2.15. The zero-order valence-electron chi connectivity index (χ0n) is 9.70. The van der Waals surface area contributed by atoms with Gasteiger partial charge in [-0.15, -0.1) is 0 Å². The van der Waals surface area contributed by atoms with Crippen molar-refractivity contribution in [1.29, 1.82) is 0 Å². The van der Waals surface area contributed by atoms with Crippen LogP contribution in [0.5, 0.6) is 0 Å². The van der Waals surface area contributed by atoms with Gasteiger partial charge in [-0.2, -0.15) is 0 Å². The molecule has 0 bridgehead atoms. The lowest BCUT2D eigenvalue weighted by Gasteiger charge is -2.12. The largest absolute Gasteiger partial charge is 0.357 e. The van der Waals surface area contributed by atoms with E-state index in [1.807, 2.05) is 30.1 Å². The highest BCUT2D eigenvalue weighted by molar-refractivity contribution is 5.74. The average Bonchev–Trinajstić information content (AvgIpc) is 2.87. The molecule has 4 heteroatoms. The van der Waals surface area contributed by atoms with Gasteiger partial charge in [-0.1, -0.05) is 12.8 Å². The molecule has 16 heavy (non-hydrogen) atoms. The highest BCUT2D eigenvalue weighted by Gasteiger charge is 2.16. The molecule has 1 aliphatic carbocycles. The maximum Gasteiger partial charge on any atom is 0.315 e. The first-order valence-electron chi connectivity index (χ1n) is 5.89. The molecule has 2 amide bonds. The van der Waals surface area contributed by atoms with E-state index in [2.05, 4.69) is 10.6 Å². The summed E-state index contributed by atoms with van der Waals surface area (Å²) in [6.45, 7) is 0.597. The van der Waals surface area contributed by atoms with Crippen molar-refractivity contribution in [3.8, 4) is 0 Å². The zero-order valence-corrected chi connectivity index (χ0v) is 9.70. The second-order valence-corrected chi connectivity index (χ2v) is 4.49. The number of hydrogen-bond donors (Lipinski definition) is 2. The van der Waals surface area contributed by atoms with Crippen LogP contribution in [0.3, 0.4) is 0 Å². The molecule has 1 fully saturated rings. The van der Waals surface area contributed by atoms with Crippen molar-refractivity contribution in [2.45, 2.75) is 38.3 Å². The minimum atomic E-state index is -0.0456. The molecule has 2 N–H and O–H groups in total. The predicted octanol–water partition coefficient (Wildman–Crippen LogP) is 1.77. The Hall–Kier alpha value is -1.45. The second-order valence-electron chi connectivity index (χ2n) is 4.49. The molecule has 0 spiro atoms. The van der Waals surface area contributed by atoms with Gasteiger partial charge in [0.05, 0.1) is 0 Å². The molecular formula is C12H19N3O. The monoisotopic (exact) mass is 221 g/mol. The quantitative estimate of drug-likeness (QED) is 0.802. The summed E-state index contributed by atoms with van der Waals surface area (Å²) in [6, 6.07) is 2.35. The van der Waals surface area contributed by atoms with Gasteiger partial charge in [0.25, 0.3) is 0 Å². The third-order valence-corrected chi connectivity index (χ3v) is 3.04. The van der Waals surface area contributed by atoms with Gasteiger partial charge in [0.15, 0.2) is 0 Å². The first-order valence-corrected chi connectivity index (χ1v) is 5.89. The third-order valence-electron chi connectivity index (χ3n) is 3.04. The van der Waals surface area contributed by atoms with E-state index in [1.165, 1.54) is 12.8 Å². The second kappa shape index (κ2) is 5.05. The molecule has 0 unspecified atom stereocenters. The molecule has 1 saturated carbocycles. The lowest BCUT2D eigenvalue weighted by Crippen LogP contribution is -2.40. The van der Waals surface area contributed by atoms with Gasteiger partial charge in [-0.25, -0.2) is 4.79 Å². The Morgan fingerprint density at radius 2 is 2.25 bits per heavy atom. The number of nitrogens with zero attached hydrogens (tertiary/aromatic N) is 1. The van der Waals surface area contributed by atoms with E-state index < -0.39 is 0 Å². The summed E-state index contributed by atoms with van der Waals surface area (Å²) in [7, 11) is 1.97. The zero-order chi connectivity index (χ0) is 11.4. The first kappa shape index (κ1) is 11.0. The lowest BCUT2D eigenvalue weighted by atomic mass is 10.2. The number of carbonyl (C=O) groups is 1. The highest BCUT2D eigenvalue weighted by atomic mass is 16.2. The smallest absolute Gasteiger partial charge is 0.315 e. The Labute approximate surface area is 96.0 Å². The summed E-state index contributed by atoms with van der Waals surface area (Å²) in [5.74, 6) is 0. The van der Waals surface area contributed by atoms with Crippen LogP contribution in [0.4, 0.5) is 4.79 Å². The molecule has 1 aromatic heterocycles. The van der Waals surface area contributed by atoms with Gasteiger partial charge in [0, 0.05) is 32.0 Å². The topological polar surface area (TPSA) is 46.1 Å². The van der Waals surface area contributed by atoms with Crippen LogP contribution in [0, 0.1) is 0 Å². The lowest BCUT2D eigenvalue weighted by molar-refractivity contribution is 0.236. The highest BCUT2D eigenvalue weighted by Crippen LogP contribution is 2.17. The minimum absolute atomic E-state index is 0.0456. The van der Waals surface area contributed by atoms with E-state index in [-0.39, 0.29) is 6.03 Å². The summed E-state index contributed by atoms with van der Waals surface area (Å²) in [6.07, 6.45) is 8.71. The molecule has 2 rings (SSSR count). The fourth-order valence-electron chi connectivity index (χ4n) is 2.15. The number of urea groups is 1. The minimum Gasteiger partial charge on any atom is -0.357 e. The molecule has 1 aliphatic rings. The Morgan fingerprint density at radius 1 is 1.50 bits per heavy atom. The normalized spacial score (nSPS) is 16.3. The molecule has 1 aromatic rings. The van der Waals surface area contributed by atoms with Crippen molar-refractivity contribution in [2.24, 2.45) is 7.05 Å². The number of rotatable bonds is 3. The van der Waals surface area contributed by atoms with Crippen molar-refractivity contribution in [3.63, 3.8) is 0 Å². The molecule has 0 aliphatic heterocycles. The Balaban J connectivity index is 1.71. The van der Waals surface area contributed by atoms with Crippen LogP contribution in [-0.4, -0.2) is 16.6 Å². The maximum absolute atomic E-state index is 11.6. The van der Waals surface area contributed by atoms with Gasteiger partial charge in [0.2, 0.25) is 0 Å². The predicted molar refractivity (Wildman–Crippen MR) is 63.0 cm³/mol. The molecular weight excluding hydrogens is 202 g/mol. The first-order chi connectivity index (χ1) is 7.74. The van der Waals surface area contributed by atoms with E-state index >= 15 is 0 Å². The van der Waals surface area contributed by atoms with Crippen LogP contribution in [-0.2, 0) is 13.6 Å². The van der Waals surface area contributed by atoms with Gasteiger partial charge >= 0.3 is 6.03 Å². The van der Waals surface area contributed by atoms with Crippen LogP contribution in [0.1, 0.15) is 31.2 Å². The molecule has 0 saturated heterocycles. The molecule has 0 atom stereocenters.